The van der Waals surface area contributed by atoms with Gasteiger partial charge in [-0.25, -0.2) is 4.39 Å². The quantitative estimate of drug-likeness (QED) is 0.854. The second kappa shape index (κ2) is 7.45. The van der Waals surface area contributed by atoms with Gasteiger partial charge in [0.1, 0.15) is 5.82 Å². The van der Waals surface area contributed by atoms with Gasteiger partial charge in [0.2, 0.25) is 0 Å². The summed E-state index contributed by atoms with van der Waals surface area (Å²) in [7, 11) is 0. The Hall–Kier alpha value is -1.78. The molecule has 0 spiro atoms. The molecule has 3 rings (SSSR count). The second-order valence-corrected chi connectivity index (χ2v) is 8.77. The van der Waals surface area contributed by atoms with Crippen molar-refractivity contribution >= 4 is 0 Å². The fraction of sp³-hybridized carbons (Fsp3) is 0.500. The molecule has 1 fully saturated rings. The number of aromatic nitrogens is 1. The number of nitrogens with one attached hydrogen (secondary N) is 1. The number of halogens is 1. The zero-order valence-electron chi connectivity index (χ0n) is 16.3. The summed E-state index contributed by atoms with van der Waals surface area (Å²) in [5.41, 5.74) is 1.86. The van der Waals surface area contributed by atoms with Gasteiger partial charge in [0.05, 0.1) is 5.69 Å². The molecule has 0 bridgehead atoms. The molecular weight excluding hydrogens is 325 g/mol. The van der Waals surface area contributed by atoms with E-state index in [-0.39, 0.29) is 16.9 Å². The third-order valence-corrected chi connectivity index (χ3v) is 5.11. The minimum atomic E-state index is -0.133. The van der Waals surface area contributed by atoms with Crippen LogP contribution in [0.1, 0.15) is 51.8 Å². The maximum atomic E-state index is 14.3. The lowest BCUT2D eigenvalue weighted by Gasteiger charge is -2.49. The van der Waals surface area contributed by atoms with E-state index in [1.54, 1.807) is 12.1 Å². The zero-order chi connectivity index (χ0) is 18.8. The summed E-state index contributed by atoms with van der Waals surface area (Å²) in [5, 5.41) is 3.74. The van der Waals surface area contributed by atoms with Crippen LogP contribution in [0.2, 0.25) is 0 Å². The molecule has 1 N–H and O–H groups in total. The van der Waals surface area contributed by atoms with Crippen molar-refractivity contribution in [2.75, 3.05) is 0 Å². The zero-order valence-corrected chi connectivity index (χ0v) is 16.3. The third kappa shape index (κ3) is 4.89. The molecule has 2 aromatic rings. The number of piperidine rings is 1. The minimum Gasteiger partial charge on any atom is -0.307 e. The SMILES string of the molecule is CC1(C)CC(N(Cc2ccccn2)Cc2ccccc2F)CC(C)(C)N1. The van der Waals surface area contributed by atoms with E-state index < -0.39 is 0 Å². The first-order chi connectivity index (χ1) is 12.2. The van der Waals surface area contributed by atoms with Crippen molar-refractivity contribution in [3.8, 4) is 0 Å². The average Bonchev–Trinajstić information content (AvgIpc) is 2.54. The van der Waals surface area contributed by atoms with Crippen LogP contribution in [0.4, 0.5) is 4.39 Å². The van der Waals surface area contributed by atoms with Crippen molar-refractivity contribution in [2.45, 2.75) is 70.7 Å². The van der Waals surface area contributed by atoms with Gasteiger partial charge in [-0.05, 0) is 58.7 Å². The smallest absolute Gasteiger partial charge is 0.127 e. The molecule has 3 nitrogen and oxygen atoms in total. The van der Waals surface area contributed by atoms with Crippen molar-refractivity contribution in [3.63, 3.8) is 0 Å². The Morgan fingerprint density at radius 1 is 1.00 bits per heavy atom. The lowest BCUT2D eigenvalue weighted by molar-refractivity contribution is 0.0550. The van der Waals surface area contributed by atoms with Crippen LogP contribution < -0.4 is 5.32 Å². The van der Waals surface area contributed by atoms with Crippen LogP contribution in [-0.2, 0) is 13.1 Å². The molecule has 2 heterocycles. The van der Waals surface area contributed by atoms with Gasteiger partial charge in [-0.1, -0.05) is 24.3 Å². The Bertz CT molecular complexity index is 711. The van der Waals surface area contributed by atoms with Crippen LogP contribution in [0.25, 0.3) is 0 Å². The van der Waals surface area contributed by atoms with E-state index in [1.807, 2.05) is 36.5 Å². The molecule has 1 aliphatic rings. The summed E-state index contributed by atoms with van der Waals surface area (Å²) < 4.78 is 14.3. The van der Waals surface area contributed by atoms with Crippen molar-refractivity contribution in [2.24, 2.45) is 0 Å². The molecule has 4 heteroatoms. The summed E-state index contributed by atoms with van der Waals surface area (Å²) in [6, 6.07) is 13.4. The van der Waals surface area contributed by atoms with E-state index in [0.29, 0.717) is 12.6 Å². The highest BCUT2D eigenvalue weighted by Gasteiger charge is 2.40. The van der Waals surface area contributed by atoms with Gasteiger partial charge in [-0.2, -0.15) is 0 Å². The largest absolute Gasteiger partial charge is 0.307 e. The highest BCUT2D eigenvalue weighted by Crippen LogP contribution is 2.33. The Kier molecular flexibility index (Phi) is 5.44. The van der Waals surface area contributed by atoms with Crippen LogP contribution in [-0.4, -0.2) is 27.0 Å². The normalized spacial score (nSPS) is 19.6. The first kappa shape index (κ1) is 19.0. The van der Waals surface area contributed by atoms with Crippen LogP contribution in [0.15, 0.2) is 48.7 Å². The molecular formula is C22H30FN3. The molecule has 1 aliphatic heterocycles. The van der Waals surface area contributed by atoms with Gasteiger partial charge >= 0.3 is 0 Å². The van der Waals surface area contributed by atoms with Gasteiger partial charge < -0.3 is 5.32 Å². The third-order valence-electron chi connectivity index (χ3n) is 5.11. The van der Waals surface area contributed by atoms with E-state index in [1.165, 1.54) is 0 Å². The monoisotopic (exact) mass is 355 g/mol. The molecule has 140 valence electrons. The Labute approximate surface area is 156 Å². The van der Waals surface area contributed by atoms with Gasteiger partial charge in [-0.15, -0.1) is 0 Å². The van der Waals surface area contributed by atoms with Crippen LogP contribution in [0, 0.1) is 5.82 Å². The van der Waals surface area contributed by atoms with E-state index in [9.17, 15) is 4.39 Å². The number of benzene rings is 1. The van der Waals surface area contributed by atoms with Gasteiger partial charge in [-0.3, -0.25) is 9.88 Å². The summed E-state index contributed by atoms with van der Waals surface area (Å²) >= 11 is 0. The molecule has 1 saturated heterocycles. The van der Waals surface area contributed by atoms with E-state index >= 15 is 0 Å². The summed E-state index contributed by atoms with van der Waals surface area (Å²) in [6.07, 6.45) is 3.88. The maximum Gasteiger partial charge on any atom is 0.127 e. The number of hydrogen-bond donors (Lipinski definition) is 1. The summed E-state index contributed by atoms with van der Waals surface area (Å²) in [4.78, 5) is 6.89. The van der Waals surface area contributed by atoms with Crippen molar-refractivity contribution in [1.29, 1.82) is 0 Å². The molecule has 0 amide bonds. The summed E-state index contributed by atoms with van der Waals surface area (Å²) in [5.74, 6) is -0.133. The minimum absolute atomic E-state index is 0.0457. The first-order valence-corrected chi connectivity index (χ1v) is 9.41. The lowest BCUT2D eigenvalue weighted by Crippen LogP contribution is -2.62. The predicted molar refractivity (Wildman–Crippen MR) is 104 cm³/mol. The fourth-order valence-corrected chi connectivity index (χ4v) is 4.39. The molecule has 1 aromatic heterocycles. The second-order valence-electron chi connectivity index (χ2n) is 8.77. The summed E-state index contributed by atoms with van der Waals surface area (Å²) in [6.45, 7) is 10.3. The molecule has 0 radical (unpaired) electrons. The Balaban J connectivity index is 1.88. The number of hydrogen-bond acceptors (Lipinski definition) is 3. The number of rotatable bonds is 5. The standard InChI is InChI=1S/C22H30FN3/c1-21(2)13-19(14-22(3,4)25-21)26(16-18-10-7-8-12-24-18)15-17-9-5-6-11-20(17)23/h5-12,19,25H,13-16H2,1-4H3. The van der Waals surface area contributed by atoms with Gasteiger partial charge in [0.25, 0.3) is 0 Å². The van der Waals surface area contributed by atoms with Crippen LogP contribution >= 0.6 is 0 Å². The number of pyridine rings is 1. The molecule has 0 unspecified atom stereocenters. The molecule has 26 heavy (non-hydrogen) atoms. The van der Waals surface area contributed by atoms with Crippen molar-refractivity contribution < 1.29 is 4.39 Å². The van der Waals surface area contributed by atoms with E-state index in [4.69, 9.17) is 0 Å². The highest BCUT2D eigenvalue weighted by molar-refractivity contribution is 5.18. The van der Waals surface area contributed by atoms with Crippen LogP contribution in [0.3, 0.4) is 0 Å². The lowest BCUT2D eigenvalue weighted by atomic mass is 9.79. The molecule has 0 aliphatic carbocycles. The Morgan fingerprint density at radius 3 is 2.27 bits per heavy atom. The average molecular weight is 356 g/mol. The first-order valence-electron chi connectivity index (χ1n) is 9.41. The predicted octanol–water partition coefficient (Wildman–Crippen LogP) is 4.53. The van der Waals surface area contributed by atoms with E-state index in [0.717, 1.165) is 30.6 Å². The molecule has 1 aromatic carbocycles. The molecule has 0 atom stereocenters. The maximum absolute atomic E-state index is 14.3. The Morgan fingerprint density at radius 2 is 1.65 bits per heavy atom. The van der Waals surface area contributed by atoms with Crippen molar-refractivity contribution in [3.05, 3.63) is 65.7 Å². The van der Waals surface area contributed by atoms with Gasteiger partial charge in [0, 0.05) is 42.0 Å². The molecule has 0 saturated carbocycles. The number of nitrogens with zero attached hydrogens (tertiary/aromatic N) is 2. The van der Waals surface area contributed by atoms with E-state index in [2.05, 4.69) is 42.9 Å². The topological polar surface area (TPSA) is 28.2 Å². The fourth-order valence-electron chi connectivity index (χ4n) is 4.39. The van der Waals surface area contributed by atoms with Crippen LogP contribution in [0.5, 0.6) is 0 Å². The van der Waals surface area contributed by atoms with Crippen molar-refractivity contribution in [1.82, 2.24) is 15.2 Å². The van der Waals surface area contributed by atoms with Gasteiger partial charge in [0.15, 0.2) is 0 Å². The highest BCUT2D eigenvalue weighted by atomic mass is 19.1.